The van der Waals surface area contributed by atoms with E-state index in [1.807, 2.05) is 67.4 Å². The summed E-state index contributed by atoms with van der Waals surface area (Å²) in [6.45, 7) is 6.55. The van der Waals surface area contributed by atoms with Crippen molar-refractivity contribution >= 4 is 58.4 Å². The molecule has 79 heavy (non-hydrogen) atoms. The largest absolute Gasteiger partial charge is 0.496 e. The summed E-state index contributed by atoms with van der Waals surface area (Å²) in [5, 5.41) is 79.2. The van der Waals surface area contributed by atoms with E-state index < -0.39 is 112 Å². The van der Waals surface area contributed by atoms with Gasteiger partial charge in [0.1, 0.15) is 11.2 Å². The number of aromatic amines is 1. The van der Waals surface area contributed by atoms with Gasteiger partial charge >= 0.3 is 41.8 Å². The van der Waals surface area contributed by atoms with Gasteiger partial charge in [0.2, 0.25) is 11.5 Å². The highest BCUT2D eigenvalue weighted by molar-refractivity contribution is 5.95. The first-order valence-electron chi connectivity index (χ1n) is 25.3. The van der Waals surface area contributed by atoms with E-state index in [0.29, 0.717) is 61.7 Å². The van der Waals surface area contributed by atoms with Crippen molar-refractivity contribution in [3.05, 3.63) is 70.9 Å². The second-order valence-corrected chi connectivity index (χ2v) is 21.2. The van der Waals surface area contributed by atoms with Crippen LogP contribution in [0.2, 0.25) is 0 Å². The van der Waals surface area contributed by atoms with Crippen molar-refractivity contribution in [3.8, 4) is 5.75 Å². The average molecular weight is 1120 g/mol. The number of H-pyrrole nitrogens is 1. The molecule has 1 saturated carbocycles. The molecule has 5 aliphatic heterocycles. The molecule has 2 bridgehead atoms. The summed E-state index contributed by atoms with van der Waals surface area (Å²) < 4.78 is 54.3. The standard InChI is InChI=1S/C45H54F2N4O8.2C4H6O6/c1-8-42-14-11-16-51-17-15-43(36(42)51)30-19-31(34(56-5)20-33(30)49(4)37(43)45(55,40(54)58-7)38(42)59-25(2)52)44(39(53)57-6)21-26-18-27(41(3,46)47)23-50(22-26)24-29-28-12-9-10-13-32(28)48-35(29)44;2*5-1(3(7)8)2(6)4(9)10/h9-14,19-20,26-27,36-38,48,55H,8,15-18,21-24H2,1-7H3;2*1-2,5-6H,(H,7,8)(H,9,10)/t26?,27-,36+,37-,38-,42-,43-,44+,45-;;/m1../s1. The minimum Gasteiger partial charge on any atom is -0.496 e. The van der Waals surface area contributed by atoms with E-state index in [1.54, 1.807) is 0 Å². The molecule has 1 aliphatic carbocycles. The molecule has 3 fully saturated rings. The summed E-state index contributed by atoms with van der Waals surface area (Å²) in [5.74, 6) is -13.0. The number of hydrogen-bond acceptors (Lipinski definition) is 19. The Morgan fingerprint density at radius 2 is 1.42 bits per heavy atom. The number of hydrogen-bond donors (Lipinski definition) is 10. The van der Waals surface area contributed by atoms with Gasteiger partial charge in [0.15, 0.2) is 30.5 Å². The van der Waals surface area contributed by atoms with Crippen LogP contribution in [0.25, 0.3) is 10.9 Å². The smallest absolute Gasteiger partial charge is 0.344 e. The van der Waals surface area contributed by atoms with Crippen LogP contribution in [-0.4, -0.2) is 211 Å². The number of aliphatic hydroxyl groups is 5. The van der Waals surface area contributed by atoms with Crippen molar-refractivity contribution in [2.24, 2.45) is 17.3 Å². The van der Waals surface area contributed by atoms with Gasteiger partial charge in [0.05, 0.1) is 27.4 Å². The van der Waals surface area contributed by atoms with E-state index in [4.69, 9.17) is 59.8 Å². The number of halogens is 2. The molecule has 432 valence electrons. The number of esters is 3. The van der Waals surface area contributed by atoms with E-state index in [9.17, 15) is 33.9 Å². The van der Waals surface area contributed by atoms with Gasteiger partial charge in [-0.05, 0) is 68.3 Å². The highest BCUT2D eigenvalue weighted by atomic mass is 19.3. The number of aromatic nitrogens is 1. The number of piperidine rings is 1. The number of nitrogens with zero attached hydrogens (tertiary/aromatic N) is 3. The SMILES string of the molecule is CC[C@]12C=CCN3CC[C@@]4(c5cc([C@@]6(C(=O)OC)CC7C[C@@H](C(C)(F)F)CN(Cc8c6[nH]c6ccccc86)C7)c(OC)cc5N(C)[C@H]4[C@](O)(C(=O)OC)[C@@H]1OC(C)=O)[C@@H]32.O=C(O)C(O)C(O)C(=O)O.O=C(O)C(O)C(O)C(=O)O. The number of alkyl halides is 2. The third-order valence-corrected chi connectivity index (χ3v) is 16.9. The Bertz CT molecular complexity index is 2860. The quantitative estimate of drug-likeness (QED) is 0.0644. The first-order chi connectivity index (χ1) is 37.0. The number of aliphatic hydroxyl groups excluding tert-OH is 4. The minimum absolute atomic E-state index is 0.155. The van der Waals surface area contributed by atoms with E-state index in [1.165, 1.54) is 28.3 Å². The maximum Gasteiger partial charge on any atom is 0.344 e. The number of benzene rings is 2. The number of para-hydroxylation sites is 1. The van der Waals surface area contributed by atoms with Gasteiger partial charge in [-0.25, -0.2) is 32.8 Å². The molecule has 6 heterocycles. The first kappa shape index (κ1) is 59.8. The van der Waals surface area contributed by atoms with Crippen molar-refractivity contribution in [2.45, 2.75) is 118 Å². The van der Waals surface area contributed by atoms with Crippen LogP contribution in [0.5, 0.6) is 5.75 Å². The third kappa shape index (κ3) is 9.73. The van der Waals surface area contributed by atoms with Gasteiger partial charge in [-0.15, -0.1) is 0 Å². The number of carboxylic acid groups (broad SMARTS) is 4. The first-order valence-corrected chi connectivity index (χ1v) is 25.3. The summed E-state index contributed by atoms with van der Waals surface area (Å²) in [7, 11) is 5.94. The van der Waals surface area contributed by atoms with Crippen molar-refractivity contribution < 1.29 is 107 Å². The number of likely N-dealkylation sites (N-methyl/N-ethyl adjacent to an activating group) is 1. The zero-order valence-electron chi connectivity index (χ0n) is 44.3. The number of aliphatic carboxylic acids is 4. The fraction of sp³-hybridized carbons (Fsp3) is 0.566. The maximum atomic E-state index is 15.3. The number of rotatable bonds is 13. The van der Waals surface area contributed by atoms with Crippen LogP contribution >= 0.6 is 0 Å². The van der Waals surface area contributed by atoms with E-state index in [-0.39, 0.29) is 31.3 Å². The van der Waals surface area contributed by atoms with Crippen LogP contribution in [0.3, 0.4) is 0 Å². The lowest BCUT2D eigenvalue weighted by atomic mass is 9.47. The number of carboxylic acids is 4. The lowest BCUT2D eigenvalue weighted by Gasteiger charge is -2.63. The van der Waals surface area contributed by atoms with Crippen molar-refractivity contribution in [1.82, 2.24) is 14.8 Å². The molecule has 10 N–H and O–H groups in total. The Morgan fingerprint density at radius 1 is 0.835 bits per heavy atom. The second-order valence-electron chi connectivity index (χ2n) is 21.2. The van der Waals surface area contributed by atoms with E-state index >= 15 is 13.6 Å². The van der Waals surface area contributed by atoms with Crippen LogP contribution in [0.15, 0.2) is 48.6 Å². The van der Waals surface area contributed by atoms with Gasteiger partial charge in [0.25, 0.3) is 0 Å². The molecular formula is C53H66F2N4O20. The van der Waals surface area contributed by atoms with Crippen LogP contribution in [0.1, 0.15) is 68.8 Å². The summed E-state index contributed by atoms with van der Waals surface area (Å²) in [6, 6.07) is 10.3. The number of methoxy groups -OCH3 is 3. The van der Waals surface area contributed by atoms with E-state index in [0.717, 1.165) is 29.0 Å². The third-order valence-electron chi connectivity index (χ3n) is 16.9. The molecular weight excluding hydrogens is 1050 g/mol. The average Bonchev–Trinajstić information content (AvgIpc) is 2.36. The second kappa shape index (κ2) is 22.0. The molecule has 14 atom stereocenters. The van der Waals surface area contributed by atoms with Gasteiger partial charge in [-0.2, -0.15) is 0 Å². The summed E-state index contributed by atoms with van der Waals surface area (Å²) >= 11 is 0. The number of carbonyl (C=O) groups excluding carboxylic acids is 3. The summed E-state index contributed by atoms with van der Waals surface area (Å²) in [5.41, 5.74) is -1.64. The normalized spacial score (nSPS) is 30.7. The fourth-order valence-corrected chi connectivity index (χ4v) is 13.8. The highest BCUT2D eigenvalue weighted by Gasteiger charge is 2.80. The Morgan fingerprint density at radius 3 is 1.94 bits per heavy atom. The molecule has 2 aromatic carbocycles. The molecule has 26 heteroatoms. The number of carbonyl (C=O) groups is 7. The predicted octanol–water partition coefficient (Wildman–Crippen LogP) is 0.834. The van der Waals surface area contributed by atoms with Gasteiger partial charge in [-0.3, -0.25) is 19.4 Å². The van der Waals surface area contributed by atoms with Crippen molar-refractivity contribution in [3.63, 3.8) is 0 Å². The van der Waals surface area contributed by atoms with Crippen LogP contribution in [0.4, 0.5) is 14.5 Å². The molecule has 3 aromatic rings. The minimum atomic E-state index is -2.94. The molecule has 1 spiro atoms. The van der Waals surface area contributed by atoms with Gasteiger partial charge in [0, 0.05) is 96.9 Å². The van der Waals surface area contributed by atoms with Crippen molar-refractivity contribution in [1.29, 1.82) is 0 Å². The zero-order valence-corrected chi connectivity index (χ0v) is 44.3. The summed E-state index contributed by atoms with van der Waals surface area (Å²) in [4.78, 5) is 91.6. The Hall–Kier alpha value is -6.81. The molecule has 9 rings (SSSR count). The molecule has 24 nitrogen and oxygen atoms in total. The fourth-order valence-electron chi connectivity index (χ4n) is 13.8. The van der Waals surface area contributed by atoms with Crippen LogP contribution in [0, 0.1) is 17.3 Å². The zero-order chi connectivity index (χ0) is 58.6. The predicted molar refractivity (Wildman–Crippen MR) is 269 cm³/mol. The number of fused-ring (bicyclic) bond motifs is 6. The highest BCUT2D eigenvalue weighted by Crippen LogP contribution is 2.68. The summed E-state index contributed by atoms with van der Waals surface area (Å²) in [6.07, 6.45) is -5.03. The number of ether oxygens (including phenoxy) is 4. The van der Waals surface area contributed by atoms with Crippen LogP contribution < -0.4 is 9.64 Å². The molecule has 1 aromatic heterocycles. The van der Waals surface area contributed by atoms with Crippen LogP contribution in [-0.2, 0) is 65.1 Å². The Kier molecular flexibility index (Phi) is 16.7. The molecule has 6 aliphatic rings. The lowest BCUT2D eigenvalue weighted by Crippen LogP contribution is -2.81. The number of nitrogens with one attached hydrogen (secondary N) is 1. The maximum absolute atomic E-state index is 15.3. The number of anilines is 1. The molecule has 6 unspecified atom stereocenters. The molecule has 2 saturated heterocycles. The Balaban J connectivity index is 0.000000384. The van der Waals surface area contributed by atoms with Gasteiger partial charge in [-0.1, -0.05) is 37.3 Å². The van der Waals surface area contributed by atoms with E-state index in [2.05, 4.69) is 14.8 Å². The van der Waals surface area contributed by atoms with Crippen molar-refractivity contribution in [2.75, 3.05) is 59.5 Å². The Labute approximate surface area is 450 Å². The van der Waals surface area contributed by atoms with Gasteiger partial charge < -0.3 is 74.8 Å². The topological polar surface area (TPSA) is 364 Å². The lowest BCUT2D eigenvalue weighted by molar-refractivity contribution is -0.228. The molecule has 0 amide bonds. The monoisotopic (exact) mass is 1120 g/mol. The molecule has 0 radical (unpaired) electrons.